The van der Waals surface area contributed by atoms with Gasteiger partial charge in [0.25, 0.3) is 0 Å². The Morgan fingerprint density at radius 3 is 2.65 bits per heavy atom. The molecule has 0 saturated heterocycles. The van der Waals surface area contributed by atoms with Crippen LogP contribution >= 0.6 is 23.4 Å². The normalized spacial score (nSPS) is 11.8. The Labute approximate surface area is 127 Å². The van der Waals surface area contributed by atoms with E-state index in [0.29, 0.717) is 5.69 Å². The lowest BCUT2D eigenvalue weighted by Crippen LogP contribution is -2.39. The summed E-state index contributed by atoms with van der Waals surface area (Å²) in [6.45, 7) is 2.00. The molecular formula is C13H17ClN2O3S. The molecule has 1 rings (SSSR count). The van der Waals surface area contributed by atoms with E-state index in [2.05, 4.69) is 10.6 Å². The van der Waals surface area contributed by atoms with Crippen LogP contribution in [0, 0.1) is 0 Å². The molecule has 0 heterocycles. The number of hydrogen-bond donors (Lipinski definition) is 3. The second-order valence-corrected chi connectivity index (χ2v) is 5.48. The predicted octanol–water partition coefficient (Wildman–Crippen LogP) is 3.30. The number of benzene rings is 1. The molecule has 0 fully saturated rings. The van der Waals surface area contributed by atoms with Gasteiger partial charge in [-0.1, -0.05) is 18.5 Å². The summed E-state index contributed by atoms with van der Waals surface area (Å²) in [5.74, 6) is -0.232. The third kappa shape index (κ3) is 4.94. The fourth-order valence-electron chi connectivity index (χ4n) is 1.56. The van der Waals surface area contributed by atoms with Crippen LogP contribution in [-0.2, 0) is 0 Å². The van der Waals surface area contributed by atoms with Crippen molar-refractivity contribution in [1.29, 1.82) is 0 Å². The number of halogens is 1. The predicted molar refractivity (Wildman–Crippen MR) is 83.0 cm³/mol. The van der Waals surface area contributed by atoms with Crippen molar-refractivity contribution >= 4 is 41.1 Å². The number of carboxylic acids is 1. The third-order valence-corrected chi connectivity index (χ3v) is 3.71. The van der Waals surface area contributed by atoms with Crippen molar-refractivity contribution < 1.29 is 14.7 Å². The molecular weight excluding hydrogens is 300 g/mol. The largest absolute Gasteiger partial charge is 0.478 e. The van der Waals surface area contributed by atoms with Crippen LogP contribution in [0.3, 0.4) is 0 Å². The maximum Gasteiger partial charge on any atom is 0.335 e. The number of thioether (sulfide) groups is 1. The van der Waals surface area contributed by atoms with E-state index in [0.717, 1.165) is 12.2 Å². The van der Waals surface area contributed by atoms with E-state index in [1.807, 2.05) is 13.2 Å². The van der Waals surface area contributed by atoms with Crippen molar-refractivity contribution in [2.45, 2.75) is 19.4 Å². The van der Waals surface area contributed by atoms with Crippen LogP contribution < -0.4 is 10.6 Å². The summed E-state index contributed by atoms with van der Waals surface area (Å²) < 4.78 is 0. The number of carbonyl (C=O) groups excluding carboxylic acids is 1. The van der Waals surface area contributed by atoms with E-state index in [9.17, 15) is 9.59 Å². The Balaban J connectivity index is 2.68. The Morgan fingerprint density at radius 2 is 2.15 bits per heavy atom. The highest BCUT2D eigenvalue weighted by atomic mass is 35.5. The van der Waals surface area contributed by atoms with Crippen molar-refractivity contribution in [3.8, 4) is 0 Å². The first-order chi connectivity index (χ1) is 9.47. The molecule has 1 atom stereocenters. The first kappa shape index (κ1) is 16.7. The molecule has 1 unspecified atom stereocenters. The van der Waals surface area contributed by atoms with Crippen molar-refractivity contribution in [2.75, 3.05) is 17.3 Å². The molecule has 1 aromatic rings. The maximum absolute atomic E-state index is 11.8. The molecule has 1 aromatic carbocycles. The van der Waals surface area contributed by atoms with Crippen LogP contribution in [0.1, 0.15) is 23.7 Å². The van der Waals surface area contributed by atoms with Crippen LogP contribution in [0.15, 0.2) is 18.2 Å². The van der Waals surface area contributed by atoms with E-state index >= 15 is 0 Å². The number of carboxylic acid groups (broad SMARTS) is 1. The van der Waals surface area contributed by atoms with Crippen LogP contribution in [0.5, 0.6) is 0 Å². The van der Waals surface area contributed by atoms with Gasteiger partial charge in [0.15, 0.2) is 0 Å². The standard InChI is InChI=1S/C13H17ClN2O3S/c1-3-9(7-20-2)15-13(19)16-11-5-4-8(12(17)18)6-10(11)14/h4-6,9H,3,7H2,1-2H3,(H,17,18)(H2,15,16,19). The van der Waals surface area contributed by atoms with Gasteiger partial charge in [-0.25, -0.2) is 9.59 Å². The summed E-state index contributed by atoms with van der Waals surface area (Å²) in [5.41, 5.74) is 0.461. The Morgan fingerprint density at radius 1 is 1.45 bits per heavy atom. The smallest absolute Gasteiger partial charge is 0.335 e. The molecule has 20 heavy (non-hydrogen) atoms. The van der Waals surface area contributed by atoms with Gasteiger partial charge >= 0.3 is 12.0 Å². The average molecular weight is 317 g/mol. The van der Waals surface area contributed by atoms with E-state index in [1.165, 1.54) is 18.2 Å². The first-order valence-corrected chi connectivity index (χ1v) is 7.84. The molecule has 0 radical (unpaired) electrons. The van der Waals surface area contributed by atoms with Gasteiger partial charge in [0.1, 0.15) is 0 Å². The minimum absolute atomic E-state index is 0.0785. The molecule has 3 N–H and O–H groups in total. The van der Waals surface area contributed by atoms with Gasteiger partial charge in [0.05, 0.1) is 16.3 Å². The molecule has 0 aliphatic heterocycles. The van der Waals surface area contributed by atoms with E-state index in [-0.39, 0.29) is 22.7 Å². The van der Waals surface area contributed by atoms with Crippen LogP contribution in [-0.4, -0.2) is 35.2 Å². The summed E-state index contributed by atoms with van der Waals surface area (Å²) in [6.07, 6.45) is 2.81. The number of rotatable bonds is 6. The zero-order valence-electron chi connectivity index (χ0n) is 11.3. The highest BCUT2D eigenvalue weighted by molar-refractivity contribution is 7.98. The second-order valence-electron chi connectivity index (χ2n) is 4.16. The monoisotopic (exact) mass is 316 g/mol. The summed E-state index contributed by atoms with van der Waals surface area (Å²) in [6, 6.07) is 3.90. The van der Waals surface area contributed by atoms with Crippen LogP contribution in [0.25, 0.3) is 0 Å². The minimum atomic E-state index is -1.06. The number of carbonyl (C=O) groups is 2. The summed E-state index contributed by atoms with van der Waals surface area (Å²) in [7, 11) is 0. The van der Waals surface area contributed by atoms with Gasteiger partial charge in [0.2, 0.25) is 0 Å². The second kappa shape index (κ2) is 8.01. The summed E-state index contributed by atoms with van der Waals surface area (Å²) in [4.78, 5) is 22.6. The fourth-order valence-corrected chi connectivity index (χ4v) is 2.51. The highest BCUT2D eigenvalue weighted by Gasteiger charge is 2.12. The van der Waals surface area contributed by atoms with Crippen molar-refractivity contribution in [3.63, 3.8) is 0 Å². The molecule has 0 aliphatic carbocycles. The topological polar surface area (TPSA) is 78.4 Å². The Kier molecular flexibility index (Phi) is 6.67. The number of amides is 2. The Hall–Kier alpha value is -1.40. The molecule has 0 bridgehead atoms. The molecule has 110 valence electrons. The number of anilines is 1. The van der Waals surface area contributed by atoms with Gasteiger partial charge < -0.3 is 15.7 Å². The SMILES string of the molecule is CCC(CSC)NC(=O)Nc1ccc(C(=O)O)cc1Cl. The zero-order valence-corrected chi connectivity index (χ0v) is 12.8. The fraction of sp³-hybridized carbons (Fsp3) is 0.385. The first-order valence-electron chi connectivity index (χ1n) is 6.07. The molecule has 0 aliphatic rings. The van der Waals surface area contributed by atoms with Crippen molar-refractivity contribution in [3.05, 3.63) is 28.8 Å². The lowest BCUT2D eigenvalue weighted by atomic mass is 10.2. The summed E-state index contributed by atoms with van der Waals surface area (Å²) >= 11 is 7.60. The van der Waals surface area contributed by atoms with Gasteiger partial charge in [-0.2, -0.15) is 11.8 Å². The molecule has 5 nitrogen and oxygen atoms in total. The molecule has 0 saturated carbocycles. The lowest BCUT2D eigenvalue weighted by Gasteiger charge is -2.16. The van der Waals surface area contributed by atoms with Gasteiger partial charge in [0, 0.05) is 11.8 Å². The number of hydrogen-bond acceptors (Lipinski definition) is 3. The maximum atomic E-state index is 11.8. The molecule has 0 aromatic heterocycles. The van der Waals surface area contributed by atoms with Gasteiger partial charge in [-0.05, 0) is 30.9 Å². The summed E-state index contributed by atoms with van der Waals surface area (Å²) in [5, 5.41) is 14.5. The third-order valence-electron chi connectivity index (χ3n) is 2.66. The van der Waals surface area contributed by atoms with Crippen molar-refractivity contribution in [2.24, 2.45) is 0 Å². The van der Waals surface area contributed by atoms with Crippen LogP contribution in [0.2, 0.25) is 5.02 Å². The lowest BCUT2D eigenvalue weighted by molar-refractivity contribution is 0.0697. The number of nitrogens with one attached hydrogen (secondary N) is 2. The number of urea groups is 1. The van der Waals surface area contributed by atoms with E-state index in [4.69, 9.17) is 16.7 Å². The zero-order chi connectivity index (χ0) is 15.1. The minimum Gasteiger partial charge on any atom is -0.478 e. The highest BCUT2D eigenvalue weighted by Crippen LogP contribution is 2.23. The molecule has 2 amide bonds. The van der Waals surface area contributed by atoms with Crippen molar-refractivity contribution in [1.82, 2.24) is 5.32 Å². The molecule has 7 heteroatoms. The quantitative estimate of drug-likeness (QED) is 0.752. The van der Waals surface area contributed by atoms with E-state index < -0.39 is 5.97 Å². The van der Waals surface area contributed by atoms with Crippen LogP contribution in [0.4, 0.5) is 10.5 Å². The Bertz CT molecular complexity index is 497. The van der Waals surface area contributed by atoms with E-state index in [1.54, 1.807) is 11.8 Å². The van der Waals surface area contributed by atoms with Gasteiger partial charge in [-0.15, -0.1) is 0 Å². The van der Waals surface area contributed by atoms with Gasteiger partial charge in [-0.3, -0.25) is 0 Å². The average Bonchev–Trinajstić information content (AvgIpc) is 2.40. The number of aromatic carboxylic acids is 1. The molecule has 0 spiro atoms.